The summed E-state index contributed by atoms with van der Waals surface area (Å²) in [5.74, 6) is -0.817. The number of aliphatic hydroxyl groups is 1. The predicted octanol–water partition coefficient (Wildman–Crippen LogP) is 2.63. The van der Waals surface area contributed by atoms with Gasteiger partial charge in [0.15, 0.2) is 0 Å². The summed E-state index contributed by atoms with van der Waals surface area (Å²) in [5.41, 5.74) is 0.171. The number of hydrogen-bond acceptors (Lipinski definition) is 2. The number of halogens is 2. The van der Waals surface area contributed by atoms with Gasteiger partial charge in [-0.05, 0) is 12.5 Å². The molecule has 0 radical (unpaired) electrons. The van der Waals surface area contributed by atoms with Crippen molar-refractivity contribution in [1.29, 1.82) is 0 Å². The highest BCUT2D eigenvalue weighted by molar-refractivity contribution is 6.30. The quantitative estimate of drug-likeness (QED) is 0.778. The van der Waals surface area contributed by atoms with Gasteiger partial charge < -0.3 is 10.2 Å². The van der Waals surface area contributed by atoms with Crippen molar-refractivity contribution in [1.82, 2.24) is 0 Å². The summed E-state index contributed by atoms with van der Waals surface area (Å²) in [5, 5.41) is 18.5. The summed E-state index contributed by atoms with van der Waals surface area (Å²) < 4.78 is 12.9. The van der Waals surface area contributed by atoms with Crippen molar-refractivity contribution in [3.8, 4) is 5.75 Å². The first-order valence-electron chi connectivity index (χ1n) is 3.92. The van der Waals surface area contributed by atoms with E-state index in [9.17, 15) is 14.6 Å². The monoisotopic (exact) mass is 204 g/mol. The molecule has 1 aromatic rings. The van der Waals surface area contributed by atoms with E-state index in [-0.39, 0.29) is 16.3 Å². The number of aromatic hydroxyl groups is 1. The lowest BCUT2D eigenvalue weighted by molar-refractivity contribution is 0.169. The first kappa shape index (κ1) is 10.3. The van der Waals surface area contributed by atoms with Crippen LogP contribution in [0, 0.1) is 5.82 Å². The highest BCUT2D eigenvalue weighted by atomic mass is 35.5. The van der Waals surface area contributed by atoms with Crippen molar-refractivity contribution in [3.63, 3.8) is 0 Å². The number of rotatable bonds is 2. The number of phenols is 1. The van der Waals surface area contributed by atoms with Crippen LogP contribution in [0.5, 0.6) is 5.75 Å². The lowest BCUT2D eigenvalue weighted by Crippen LogP contribution is -1.96. The second kappa shape index (κ2) is 3.94. The van der Waals surface area contributed by atoms with Gasteiger partial charge in [-0.2, -0.15) is 0 Å². The van der Waals surface area contributed by atoms with Crippen molar-refractivity contribution in [2.45, 2.75) is 19.4 Å². The molecule has 0 aromatic heterocycles. The number of phenolic OH excluding ortho intramolecular Hbond substituents is 1. The van der Waals surface area contributed by atoms with E-state index in [0.29, 0.717) is 6.42 Å². The Morgan fingerprint density at radius 1 is 1.54 bits per heavy atom. The van der Waals surface area contributed by atoms with Gasteiger partial charge in [0.2, 0.25) is 0 Å². The van der Waals surface area contributed by atoms with Crippen LogP contribution in [0.3, 0.4) is 0 Å². The van der Waals surface area contributed by atoms with Crippen LogP contribution in [0.1, 0.15) is 25.0 Å². The Morgan fingerprint density at radius 2 is 2.15 bits per heavy atom. The lowest BCUT2D eigenvalue weighted by atomic mass is 10.1. The standard InChI is InChI=1S/C9H10ClFO2/c1-2-8(12)5-3-7(11)6(10)4-9(5)13/h3-4,8,12-13H,2H2,1H3. The average Bonchev–Trinajstić information content (AvgIpc) is 2.10. The lowest BCUT2D eigenvalue weighted by Gasteiger charge is -2.10. The minimum absolute atomic E-state index is 0.149. The molecule has 1 aromatic carbocycles. The van der Waals surface area contributed by atoms with E-state index in [2.05, 4.69) is 0 Å². The Morgan fingerprint density at radius 3 is 2.69 bits per heavy atom. The van der Waals surface area contributed by atoms with Crippen LogP contribution in [0.15, 0.2) is 12.1 Å². The fraction of sp³-hybridized carbons (Fsp3) is 0.333. The van der Waals surface area contributed by atoms with Crippen LogP contribution < -0.4 is 0 Å². The molecule has 2 nitrogen and oxygen atoms in total. The predicted molar refractivity (Wildman–Crippen MR) is 48.3 cm³/mol. The number of aliphatic hydroxyl groups excluding tert-OH is 1. The molecule has 0 aliphatic carbocycles. The summed E-state index contributed by atoms with van der Waals surface area (Å²) in [7, 11) is 0. The van der Waals surface area contributed by atoms with Crippen LogP contribution >= 0.6 is 11.6 Å². The molecule has 0 aliphatic rings. The third-order valence-electron chi connectivity index (χ3n) is 1.82. The largest absolute Gasteiger partial charge is 0.508 e. The molecule has 1 atom stereocenters. The molecular weight excluding hydrogens is 195 g/mol. The van der Waals surface area contributed by atoms with E-state index in [0.717, 1.165) is 12.1 Å². The van der Waals surface area contributed by atoms with Crippen LogP contribution in [-0.2, 0) is 0 Å². The average molecular weight is 205 g/mol. The summed E-state index contributed by atoms with van der Waals surface area (Å²) in [4.78, 5) is 0. The highest BCUT2D eigenvalue weighted by Crippen LogP contribution is 2.30. The fourth-order valence-electron chi connectivity index (χ4n) is 1.04. The number of hydrogen-bond donors (Lipinski definition) is 2. The molecule has 13 heavy (non-hydrogen) atoms. The van der Waals surface area contributed by atoms with Gasteiger partial charge in [0, 0.05) is 11.6 Å². The van der Waals surface area contributed by atoms with Crippen LogP contribution in [0.4, 0.5) is 4.39 Å². The zero-order chi connectivity index (χ0) is 10.0. The van der Waals surface area contributed by atoms with Gasteiger partial charge in [0.1, 0.15) is 11.6 Å². The molecule has 1 unspecified atom stereocenters. The second-order valence-corrected chi connectivity index (χ2v) is 3.16. The molecule has 0 amide bonds. The third-order valence-corrected chi connectivity index (χ3v) is 2.10. The maximum atomic E-state index is 12.9. The molecule has 0 fully saturated rings. The van der Waals surface area contributed by atoms with Gasteiger partial charge in [-0.3, -0.25) is 0 Å². The van der Waals surface area contributed by atoms with Crippen LogP contribution in [0.25, 0.3) is 0 Å². The molecule has 4 heteroatoms. The smallest absolute Gasteiger partial charge is 0.142 e. The summed E-state index contributed by atoms with van der Waals surface area (Å²) >= 11 is 5.42. The molecule has 0 bridgehead atoms. The summed E-state index contributed by atoms with van der Waals surface area (Å²) in [6, 6.07) is 2.14. The molecule has 1 rings (SSSR count). The van der Waals surface area contributed by atoms with E-state index in [1.807, 2.05) is 0 Å². The topological polar surface area (TPSA) is 40.5 Å². The van der Waals surface area contributed by atoms with Gasteiger partial charge >= 0.3 is 0 Å². The minimum atomic E-state index is -0.855. The molecule has 0 heterocycles. The van der Waals surface area contributed by atoms with Crippen molar-refractivity contribution >= 4 is 11.6 Å². The normalized spacial score (nSPS) is 12.9. The van der Waals surface area contributed by atoms with E-state index < -0.39 is 11.9 Å². The van der Waals surface area contributed by atoms with Gasteiger partial charge in [0.25, 0.3) is 0 Å². The van der Waals surface area contributed by atoms with E-state index in [4.69, 9.17) is 11.6 Å². The molecule has 0 saturated heterocycles. The second-order valence-electron chi connectivity index (χ2n) is 2.75. The molecule has 0 aliphatic heterocycles. The Hall–Kier alpha value is -0.800. The zero-order valence-corrected chi connectivity index (χ0v) is 7.85. The van der Waals surface area contributed by atoms with Crippen LogP contribution in [0.2, 0.25) is 5.02 Å². The van der Waals surface area contributed by atoms with Crippen molar-refractivity contribution < 1.29 is 14.6 Å². The molecule has 0 saturated carbocycles. The molecule has 72 valence electrons. The van der Waals surface area contributed by atoms with E-state index in [1.165, 1.54) is 0 Å². The summed E-state index contributed by atoms with van der Waals surface area (Å²) in [6.45, 7) is 1.73. The number of benzene rings is 1. The van der Waals surface area contributed by atoms with Gasteiger partial charge in [-0.15, -0.1) is 0 Å². The van der Waals surface area contributed by atoms with E-state index in [1.54, 1.807) is 6.92 Å². The molecule has 0 spiro atoms. The molecule has 2 N–H and O–H groups in total. The van der Waals surface area contributed by atoms with Gasteiger partial charge in [0.05, 0.1) is 11.1 Å². The molecular formula is C9H10ClFO2. The van der Waals surface area contributed by atoms with Crippen molar-refractivity contribution in [2.75, 3.05) is 0 Å². The van der Waals surface area contributed by atoms with Gasteiger partial charge in [-0.1, -0.05) is 18.5 Å². The Kier molecular flexibility index (Phi) is 3.12. The first-order valence-corrected chi connectivity index (χ1v) is 4.30. The Bertz CT molecular complexity index is 315. The Labute approximate surface area is 80.6 Å². The van der Waals surface area contributed by atoms with Crippen molar-refractivity contribution in [3.05, 3.63) is 28.5 Å². The van der Waals surface area contributed by atoms with E-state index >= 15 is 0 Å². The van der Waals surface area contributed by atoms with Gasteiger partial charge in [-0.25, -0.2) is 4.39 Å². The van der Waals surface area contributed by atoms with Crippen LogP contribution in [-0.4, -0.2) is 10.2 Å². The summed E-state index contributed by atoms with van der Waals surface area (Å²) in [6.07, 6.45) is -0.444. The first-order chi connectivity index (χ1) is 6.06. The van der Waals surface area contributed by atoms with Crippen molar-refractivity contribution in [2.24, 2.45) is 0 Å². The Balaban J connectivity index is 3.15. The minimum Gasteiger partial charge on any atom is -0.508 e. The maximum Gasteiger partial charge on any atom is 0.142 e. The zero-order valence-electron chi connectivity index (χ0n) is 7.09. The maximum absolute atomic E-state index is 12.9. The SMILES string of the molecule is CCC(O)c1cc(F)c(Cl)cc1O. The fourth-order valence-corrected chi connectivity index (χ4v) is 1.20. The highest BCUT2D eigenvalue weighted by Gasteiger charge is 2.13. The third kappa shape index (κ3) is 2.11.